The van der Waals surface area contributed by atoms with E-state index in [1.807, 2.05) is 0 Å². The largest absolute Gasteiger partial charge is 0.481 e. The zero-order valence-electron chi connectivity index (χ0n) is 10.7. The Labute approximate surface area is 123 Å². The molecule has 0 unspecified atom stereocenters. The Bertz CT molecular complexity index is 652. The lowest BCUT2D eigenvalue weighted by Gasteiger charge is -2.06. The Kier molecular flexibility index (Phi) is 4.59. The number of alkyl halides is 2. The van der Waals surface area contributed by atoms with Gasteiger partial charge in [0, 0.05) is 6.07 Å². The first-order chi connectivity index (χ1) is 9.99. The van der Waals surface area contributed by atoms with Crippen molar-refractivity contribution in [3.05, 3.63) is 41.1 Å². The van der Waals surface area contributed by atoms with Crippen LogP contribution in [0.1, 0.15) is 22.7 Å². The molecule has 0 bridgehead atoms. The van der Waals surface area contributed by atoms with E-state index in [1.165, 1.54) is 19.2 Å². The molecule has 0 radical (unpaired) electrons. The van der Waals surface area contributed by atoms with Crippen LogP contribution in [0.2, 0.25) is 5.15 Å². The minimum absolute atomic E-state index is 0.0400. The zero-order chi connectivity index (χ0) is 15.4. The number of hydrogen-bond donors (Lipinski definition) is 1. The maximum atomic E-state index is 12.4. The summed E-state index contributed by atoms with van der Waals surface area (Å²) < 4.78 is 29.6. The average Bonchev–Trinajstić information content (AvgIpc) is 2.47. The van der Waals surface area contributed by atoms with E-state index in [0.29, 0.717) is 0 Å². The van der Waals surface area contributed by atoms with E-state index in [9.17, 15) is 13.6 Å². The Morgan fingerprint density at radius 3 is 2.71 bits per heavy atom. The Morgan fingerprint density at radius 2 is 2.14 bits per heavy atom. The number of anilines is 1. The highest BCUT2D eigenvalue weighted by atomic mass is 35.5. The molecule has 110 valence electrons. The van der Waals surface area contributed by atoms with Gasteiger partial charge in [0.1, 0.15) is 10.8 Å². The topological polar surface area (TPSA) is 77.0 Å². The fourth-order valence-corrected chi connectivity index (χ4v) is 1.57. The van der Waals surface area contributed by atoms with Gasteiger partial charge in [0.25, 0.3) is 12.3 Å². The number of nitrogens with zero attached hydrogens (tertiary/aromatic N) is 3. The first-order valence-electron chi connectivity index (χ1n) is 5.63. The van der Waals surface area contributed by atoms with Gasteiger partial charge in [-0.2, -0.15) is 4.98 Å². The number of rotatable bonds is 4. The number of ether oxygens (including phenoxy) is 1. The zero-order valence-corrected chi connectivity index (χ0v) is 11.4. The van der Waals surface area contributed by atoms with Gasteiger partial charge in [0.05, 0.1) is 19.0 Å². The SMILES string of the molecule is COc1cc(Cl)nc(C(=O)Nc2ccc(C(F)F)nc2)n1. The van der Waals surface area contributed by atoms with Crippen molar-refractivity contribution in [1.82, 2.24) is 15.0 Å². The number of amides is 1. The maximum Gasteiger partial charge on any atom is 0.293 e. The third-order valence-electron chi connectivity index (χ3n) is 2.35. The van der Waals surface area contributed by atoms with E-state index in [1.54, 1.807) is 0 Å². The van der Waals surface area contributed by atoms with E-state index in [0.717, 1.165) is 12.3 Å². The molecular formula is C12H9ClF2N4O2. The molecule has 0 saturated carbocycles. The van der Waals surface area contributed by atoms with E-state index >= 15 is 0 Å². The van der Waals surface area contributed by atoms with Gasteiger partial charge in [-0.1, -0.05) is 11.6 Å². The number of carbonyl (C=O) groups is 1. The number of hydrogen-bond acceptors (Lipinski definition) is 5. The van der Waals surface area contributed by atoms with E-state index in [4.69, 9.17) is 16.3 Å². The Hall–Kier alpha value is -2.35. The number of nitrogens with one attached hydrogen (secondary N) is 1. The lowest BCUT2D eigenvalue weighted by molar-refractivity contribution is 0.101. The van der Waals surface area contributed by atoms with Crippen LogP contribution in [0.15, 0.2) is 24.4 Å². The van der Waals surface area contributed by atoms with Crippen LogP contribution in [-0.4, -0.2) is 28.0 Å². The van der Waals surface area contributed by atoms with Crippen LogP contribution in [-0.2, 0) is 0 Å². The molecule has 0 atom stereocenters. The van der Waals surface area contributed by atoms with Gasteiger partial charge in [-0.05, 0) is 12.1 Å². The maximum absolute atomic E-state index is 12.4. The van der Waals surface area contributed by atoms with Crippen LogP contribution in [0.5, 0.6) is 5.88 Å². The average molecular weight is 315 g/mol. The highest BCUT2D eigenvalue weighted by Gasteiger charge is 2.14. The number of carbonyl (C=O) groups excluding carboxylic acids is 1. The molecule has 2 aromatic heterocycles. The second-order valence-electron chi connectivity index (χ2n) is 3.78. The van der Waals surface area contributed by atoms with E-state index < -0.39 is 12.3 Å². The van der Waals surface area contributed by atoms with E-state index in [2.05, 4.69) is 20.3 Å². The highest BCUT2D eigenvalue weighted by molar-refractivity contribution is 6.29. The molecule has 9 heteroatoms. The van der Waals surface area contributed by atoms with Crippen molar-refractivity contribution < 1.29 is 18.3 Å². The Balaban J connectivity index is 2.15. The lowest BCUT2D eigenvalue weighted by Crippen LogP contribution is -2.16. The molecule has 6 nitrogen and oxygen atoms in total. The second-order valence-corrected chi connectivity index (χ2v) is 4.17. The van der Waals surface area contributed by atoms with Gasteiger partial charge in [-0.15, -0.1) is 0 Å². The molecule has 21 heavy (non-hydrogen) atoms. The van der Waals surface area contributed by atoms with Crippen LogP contribution < -0.4 is 10.1 Å². The predicted octanol–water partition coefficient (Wildman–Crippen LogP) is 2.72. The summed E-state index contributed by atoms with van der Waals surface area (Å²) in [6, 6.07) is 3.76. The number of aromatic nitrogens is 3. The van der Waals surface area contributed by atoms with Gasteiger partial charge in [0.2, 0.25) is 11.7 Å². The summed E-state index contributed by atoms with van der Waals surface area (Å²) in [5, 5.41) is 2.46. The first kappa shape index (κ1) is 15.0. The molecule has 0 spiro atoms. The summed E-state index contributed by atoms with van der Waals surface area (Å²) in [6.45, 7) is 0. The predicted molar refractivity (Wildman–Crippen MR) is 70.7 cm³/mol. The van der Waals surface area contributed by atoms with Crippen molar-refractivity contribution in [3.8, 4) is 5.88 Å². The highest BCUT2D eigenvalue weighted by Crippen LogP contribution is 2.18. The molecule has 0 aliphatic heterocycles. The standard InChI is InChI=1S/C12H9ClF2N4O2/c1-21-9-4-8(13)18-11(19-9)12(20)17-6-2-3-7(10(14)15)16-5-6/h2-5,10H,1H3,(H,17,20). The minimum Gasteiger partial charge on any atom is -0.481 e. The van der Waals surface area contributed by atoms with Crippen LogP contribution in [0.3, 0.4) is 0 Å². The van der Waals surface area contributed by atoms with E-state index in [-0.39, 0.29) is 28.2 Å². The van der Waals surface area contributed by atoms with Crippen LogP contribution in [0.25, 0.3) is 0 Å². The van der Waals surface area contributed by atoms with Crippen molar-refractivity contribution in [2.24, 2.45) is 0 Å². The minimum atomic E-state index is -2.67. The second kappa shape index (κ2) is 6.40. The van der Waals surface area contributed by atoms with Crippen LogP contribution in [0, 0.1) is 0 Å². The van der Waals surface area contributed by atoms with Crippen molar-refractivity contribution in [3.63, 3.8) is 0 Å². The molecule has 2 heterocycles. The third-order valence-corrected chi connectivity index (χ3v) is 2.55. The van der Waals surface area contributed by atoms with Gasteiger partial charge in [-0.25, -0.2) is 13.8 Å². The number of pyridine rings is 1. The summed E-state index contributed by atoms with van der Waals surface area (Å²) in [7, 11) is 1.37. The summed E-state index contributed by atoms with van der Waals surface area (Å²) in [6.07, 6.45) is -1.56. The molecular weight excluding hydrogens is 306 g/mol. The first-order valence-corrected chi connectivity index (χ1v) is 6.01. The van der Waals surface area contributed by atoms with Gasteiger partial charge in [-0.3, -0.25) is 9.78 Å². The third kappa shape index (κ3) is 3.82. The number of halogens is 3. The molecule has 0 aliphatic carbocycles. The van der Waals surface area contributed by atoms with Gasteiger partial charge in [0.15, 0.2) is 0 Å². The summed E-state index contributed by atoms with van der Waals surface area (Å²) in [5.41, 5.74) is -0.152. The summed E-state index contributed by atoms with van der Waals surface area (Å²) >= 11 is 5.72. The normalized spacial score (nSPS) is 10.5. The molecule has 0 saturated heterocycles. The van der Waals surface area contributed by atoms with Gasteiger partial charge >= 0.3 is 0 Å². The lowest BCUT2D eigenvalue weighted by atomic mass is 10.3. The number of methoxy groups -OCH3 is 1. The molecule has 1 N–H and O–H groups in total. The molecule has 0 fully saturated rings. The van der Waals surface area contributed by atoms with Crippen molar-refractivity contribution >= 4 is 23.2 Å². The molecule has 2 rings (SSSR count). The Morgan fingerprint density at radius 1 is 1.38 bits per heavy atom. The van der Waals surface area contributed by atoms with Gasteiger partial charge < -0.3 is 10.1 Å². The summed E-state index contributed by atoms with van der Waals surface area (Å²) in [5.74, 6) is -0.744. The smallest absolute Gasteiger partial charge is 0.293 e. The molecule has 0 aliphatic rings. The fraction of sp³-hybridized carbons (Fsp3) is 0.167. The molecule has 1 amide bonds. The van der Waals surface area contributed by atoms with Crippen molar-refractivity contribution in [2.75, 3.05) is 12.4 Å². The molecule has 0 aromatic carbocycles. The van der Waals surface area contributed by atoms with Crippen molar-refractivity contribution in [2.45, 2.75) is 6.43 Å². The van der Waals surface area contributed by atoms with Crippen LogP contribution >= 0.6 is 11.6 Å². The molecule has 2 aromatic rings. The monoisotopic (exact) mass is 314 g/mol. The fourth-order valence-electron chi connectivity index (χ4n) is 1.40. The van der Waals surface area contributed by atoms with Crippen LogP contribution in [0.4, 0.5) is 14.5 Å². The van der Waals surface area contributed by atoms with Crippen molar-refractivity contribution in [1.29, 1.82) is 0 Å². The quantitative estimate of drug-likeness (QED) is 0.878. The summed E-state index contributed by atoms with van der Waals surface area (Å²) in [4.78, 5) is 23.0.